The Morgan fingerprint density at radius 1 is 1.64 bits per heavy atom. The Bertz CT molecular complexity index is 328. The molecule has 0 fully saturated rings. The van der Waals surface area contributed by atoms with E-state index < -0.39 is 0 Å². The predicted octanol–water partition coefficient (Wildman–Crippen LogP) is 1.93. The molecular formula is C10H13BrN2O. The number of halogens is 1. The predicted molar refractivity (Wildman–Crippen MR) is 59.5 cm³/mol. The van der Waals surface area contributed by atoms with Crippen molar-refractivity contribution in [3.8, 4) is 0 Å². The molecule has 3 nitrogen and oxygen atoms in total. The van der Waals surface area contributed by atoms with Crippen LogP contribution < -0.4 is 11.3 Å². The first kappa shape index (κ1) is 11.2. The Labute approximate surface area is 91.8 Å². The molecule has 0 aliphatic heterocycles. The topological polar surface area (TPSA) is 55.1 Å². The first-order chi connectivity index (χ1) is 6.63. The average Bonchev–Trinajstić information content (AvgIpc) is 2.17. The summed E-state index contributed by atoms with van der Waals surface area (Å²) >= 11 is 3.39. The SMILES string of the molecule is CC(CC(=O)NN)c1cccc(Br)c1. The van der Waals surface area contributed by atoms with Crippen LogP contribution in [0.4, 0.5) is 0 Å². The molecule has 14 heavy (non-hydrogen) atoms. The molecule has 3 N–H and O–H groups in total. The van der Waals surface area contributed by atoms with Crippen LogP contribution >= 0.6 is 15.9 Å². The third-order valence-electron chi connectivity index (χ3n) is 2.07. The van der Waals surface area contributed by atoms with Crippen molar-refractivity contribution in [3.63, 3.8) is 0 Å². The summed E-state index contributed by atoms with van der Waals surface area (Å²) in [6, 6.07) is 7.92. The summed E-state index contributed by atoms with van der Waals surface area (Å²) in [5.74, 6) is 5.06. The van der Waals surface area contributed by atoms with E-state index in [2.05, 4.69) is 21.4 Å². The number of nitrogens with one attached hydrogen (secondary N) is 1. The van der Waals surface area contributed by atoms with Crippen molar-refractivity contribution < 1.29 is 4.79 Å². The number of hydrogen-bond acceptors (Lipinski definition) is 2. The van der Waals surface area contributed by atoms with E-state index in [1.165, 1.54) is 0 Å². The lowest BCUT2D eigenvalue weighted by Gasteiger charge is -2.10. The number of amides is 1. The van der Waals surface area contributed by atoms with Crippen molar-refractivity contribution in [2.75, 3.05) is 0 Å². The number of benzene rings is 1. The van der Waals surface area contributed by atoms with E-state index in [1.54, 1.807) is 0 Å². The van der Waals surface area contributed by atoms with Crippen molar-refractivity contribution in [1.29, 1.82) is 0 Å². The maximum atomic E-state index is 11.0. The summed E-state index contributed by atoms with van der Waals surface area (Å²) in [6.07, 6.45) is 0.410. The molecule has 1 aromatic rings. The number of hydrogen-bond donors (Lipinski definition) is 2. The van der Waals surface area contributed by atoms with Crippen LogP contribution in [0, 0.1) is 0 Å². The minimum Gasteiger partial charge on any atom is -0.294 e. The van der Waals surface area contributed by atoms with Crippen molar-refractivity contribution in [3.05, 3.63) is 34.3 Å². The van der Waals surface area contributed by atoms with E-state index in [9.17, 15) is 4.79 Å². The molecule has 1 atom stereocenters. The van der Waals surface area contributed by atoms with Crippen LogP contribution in [0.1, 0.15) is 24.8 Å². The van der Waals surface area contributed by atoms with Crippen LogP contribution in [0.5, 0.6) is 0 Å². The highest BCUT2D eigenvalue weighted by molar-refractivity contribution is 9.10. The van der Waals surface area contributed by atoms with Gasteiger partial charge in [-0.05, 0) is 23.6 Å². The van der Waals surface area contributed by atoms with E-state index >= 15 is 0 Å². The number of carbonyl (C=O) groups excluding carboxylic acids is 1. The molecule has 0 saturated carbocycles. The third-order valence-corrected chi connectivity index (χ3v) is 2.56. The molecule has 0 saturated heterocycles. The molecule has 0 aliphatic carbocycles. The molecule has 76 valence electrons. The highest BCUT2D eigenvalue weighted by atomic mass is 79.9. The van der Waals surface area contributed by atoms with Gasteiger partial charge in [0, 0.05) is 10.9 Å². The van der Waals surface area contributed by atoms with E-state index in [-0.39, 0.29) is 11.8 Å². The maximum absolute atomic E-state index is 11.0. The summed E-state index contributed by atoms with van der Waals surface area (Å²) in [6.45, 7) is 2.00. The van der Waals surface area contributed by atoms with Crippen molar-refractivity contribution in [2.24, 2.45) is 5.84 Å². The van der Waals surface area contributed by atoms with Gasteiger partial charge >= 0.3 is 0 Å². The smallest absolute Gasteiger partial charge is 0.234 e. The average molecular weight is 257 g/mol. The molecule has 0 radical (unpaired) electrons. The fourth-order valence-electron chi connectivity index (χ4n) is 1.27. The molecule has 1 rings (SSSR count). The van der Waals surface area contributed by atoms with Gasteiger partial charge in [-0.1, -0.05) is 35.0 Å². The van der Waals surface area contributed by atoms with Gasteiger partial charge in [0.1, 0.15) is 0 Å². The lowest BCUT2D eigenvalue weighted by Crippen LogP contribution is -2.30. The Hall–Kier alpha value is -0.870. The zero-order valence-electron chi connectivity index (χ0n) is 7.96. The van der Waals surface area contributed by atoms with Crippen molar-refractivity contribution in [2.45, 2.75) is 19.3 Å². The summed E-state index contributed by atoms with van der Waals surface area (Å²) in [4.78, 5) is 11.0. The van der Waals surface area contributed by atoms with E-state index in [4.69, 9.17) is 5.84 Å². The van der Waals surface area contributed by atoms with Gasteiger partial charge in [0.15, 0.2) is 0 Å². The molecule has 1 unspecified atom stereocenters. The lowest BCUT2D eigenvalue weighted by molar-refractivity contribution is -0.121. The number of rotatable bonds is 3. The van der Waals surface area contributed by atoms with Crippen LogP contribution in [-0.4, -0.2) is 5.91 Å². The van der Waals surface area contributed by atoms with Gasteiger partial charge < -0.3 is 0 Å². The minimum atomic E-state index is -0.141. The zero-order chi connectivity index (χ0) is 10.6. The van der Waals surface area contributed by atoms with Crippen molar-refractivity contribution in [1.82, 2.24) is 5.43 Å². The largest absolute Gasteiger partial charge is 0.294 e. The Balaban J connectivity index is 2.69. The molecular weight excluding hydrogens is 244 g/mol. The Kier molecular flexibility index (Phi) is 4.10. The summed E-state index contributed by atoms with van der Waals surface area (Å²) in [5, 5.41) is 0. The Morgan fingerprint density at radius 2 is 2.36 bits per heavy atom. The van der Waals surface area contributed by atoms with Crippen molar-refractivity contribution >= 4 is 21.8 Å². The molecule has 0 spiro atoms. The van der Waals surface area contributed by atoms with Crippen LogP contribution in [0.25, 0.3) is 0 Å². The van der Waals surface area contributed by atoms with Crippen LogP contribution in [0.15, 0.2) is 28.7 Å². The molecule has 0 bridgehead atoms. The minimum absolute atomic E-state index is 0.141. The Morgan fingerprint density at radius 3 is 2.93 bits per heavy atom. The third kappa shape index (κ3) is 3.12. The lowest BCUT2D eigenvalue weighted by atomic mass is 9.98. The standard InChI is InChI=1S/C10H13BrN2O/c1-7(5-10(14)13-12)8-3-2-4-9(11)6-8/h2-4,6-7H,5,12H2,1H3,(H,13,14). The second kappa shape index (κ2) is 5.12. The number of hydrazine groups is 1. The summed E-state index contributed by atoms with van der Waals surface area (Å²) in [7, 11) is 0. The maximum Gasteiger partial charge on any atom is 0.234 e. The molecule has 0 aliphatic rings. The molecule has 1 aromatic carbocycles. The van der Waals surface area contributed by atoms with Gasteiger partial charge in [0.2, 0.25) is 5.91 Å². The van der Waals surface area contributed by atoms with Gasteiger partial charge in [-0.15, -0.1) is 0 Å². The highest BCUT2D eigenvalue weighted by Gasteiger charge is 2.09. The molecule has 0 aromatic heterocycles. The first-order valence-electron chi connectivity index (χ1n) is 4.38. The zero-order valence-corrected chi connectivity index (χ0v) is 9.54. The fourth-order valence-corrected chi connectivity index (χ4v) is 1.68. The fraction of sp³-hybridized carbons (Fsp3) is 0.300. The van der Waals surface area contributed by atoms with E-state index in [0.717, 1.165) is 10.0 Å². The van der Waals surface area contributed by atoms with E-state index in [0.29, 0.717) is 6.42 Å². The summed E-state index contributed by atoms with van der Waals surface area (Å²) in [5.41, 5.74) is 3.26. The van der Waals surface area contributed by atoms with Gasteiger partial charge in [-0.25, -0.2) is 5.84 Å². The van der Waals surface area contributed by atoms with Gasteiger partial charge in [0.25, 0.3) is 0 Å². The van der Waals surface area contributed by atoms with Crippen LogP contribution in [0.2, 0.25) is 0 Å². The quantitative estimate of drug-likeness (QED) is 0.494. The van der Waals surface area contributed by atoms with Gasteiger partial charge in [0.05, 0.1) is 0 Å². The summed E-state index contributed by atoms with van der Waals surface area (Å²) < 4.78 is 1.02. The number of nitrogens with two attached hydrogens (primary N) is 1. The van der Waals surface area contributed by atoms with Crippen LogP contribution in [0.3, 0.4) is 0 Å². The van der Waals surface area contributed by atoms with Gasteiger partial charge in [-0.3, -0.25) is 10.2 Å². The monoisotopic (exact) mass is 256 g/mol. The first-order valence-corrected chi connectivity index (χ1v) is 5.17. The second-order valence-electron chi connectivity index (χ2n) is 3.23. The second-order valence-corrected chi connectivity index (χ2v) is 4.14. The van der Waals surface area contributed by atoms with E-state index in [1.807, 2.05) is 31.2 Å². The van der Waals surface area contributed by atoms with Crippen LogP contribution in [-0.2, 0) is 4.79 Å². The molecule has 0 heterocycles. The number of carbonyl (C=O) groups is 1. The molecule has 1 amide bonds. The van der Waals surface area contributed by atoms with Gasteiger partial charge in [-0.2, -0.15) is 0 Å². The molecule has 4 heteroatoms. The highest BCUT2D eigenvalue weighted by Crippen LogP contribution is 2.21. The normalized spacial score (nSPS) is 12.2.